The van der Waals surface area contributed by atoms with Crippen molar-refractivity contribution in [2.45, 2.75) is 6.92 Å². The van der Waals surface area contributed by atoms with E-state index < -0.39 is 0 Å². The maximum absolute atomic E-state index is 5.39. The summed E-state index contributed by atoms with van der Waals surface area (Å²) in [6.45, 7) is 2.39. The molecule has 2 aromatic carbocycles. The molecule has 0 aliphatic carbocycles. The van der Waals surface area contributed by atoms with Crippen LogP contribution in [-0.4, -0.2) is 11.8 Å². The molecule has 0 bridgehead atoms. The first-order valence-corrected chi connectivity index (χ1v) is 8.26. The lowest BCUT2D eigenvalue weighted by atomic mass is 10.1. The Hall–Kier alpha value is -2.59. The van der Waals surface area contributed by atoms with Gasteiger partial charge in [0.2, 0.25) is 6.79 Å². The van der Waals surface area contributed by atoms with Crippen LogP contribution in [0.15, 0.2) is 47.8 Å². The summed E-state index contributed by atoms with van der Waals surface area (Å²) >= 11 is 1.64. The molecule has 0 fully saturated rings. The van der Waals surface area contributed by atoms with Crippen LogP contribution in [0.1, 0.15) is 16.1 Å². The van der Waals surface area contributed by atoms with E-state index in [9.17, 15) is 0 Å². The Bertz CT molecular complexity index is 865. The van der Waals surface area contributed by atoms with Gasteiger partial charge in [-0.1, -0.05) is 42.0 Å². The molecule has 0 saturated carbocycles. The number of aryl methyl sites for hydroxylation is 1. The van der Waals surface area contributed by atoms with Crippen LogP contribution < -0.4 is 9.47 Å². The van der Waals surface area contributed by atoms with Gasteiger partial charge in [0.15, 0.2) is 11.5 Å². The molecule has 23 heavy (non-hydrogen) atoms. The number of hydrogen-bond donors (Lipinski definition) is 0. The smallest absolute Gasteiger partial charge is 0.231 e. The molecule has 0 N–H and O–H groups in total. The van der Waals surface area contributed by atoms with Crippen LogP contribution in [0.5, 0.6) is 11.5 Å². The quantitative estimate of drug-likeness (QED) is 0.679. The second-order valence-corrected chi connectivity index (χ2v) is 6.27. The van der Waals surface area contributed by atoms with Crippen LogP contribution in [-0.2, 0) is 0 Å². The topological polar surface area (TPSA) is 31.4 Å². The molecule has 2 heterocycles. The molecule has 114 valence electrons. The molecule has 3 aromatic rings. The van der Waals surface area contributed by atoms with Crippen LogP contribution in [0, 0.1) is 6.92 Å². The zero-order chi connectivity index (χ0) is 15.6. The van der Waals surface area contributed by atoms with Crippen molar-refractivity contribution in [2.75, 3.05) is 6.79 Å². The number of nitrogens with zero attached hydrogens (tertiary/aromatic N) is 1. The minimum Gasteiger partial charge on any atom is -0.454 e. The predicted octanol–water partition coefficient (Wildman–Crippen LogP) is 5.02. The first kappa shape index (κ1) is 14.0. The van der Waals surface area contributed by atoms with Crippen molar-refractivity contribution in [1.29, 1.82) is 0 Å². The number of ether oxygens (including phenoxy) is 2. The summed E-state index contributed by atoms with van der Waals surface area (Å²) in [5.41, 5.74) is 4.49. The molecular formula is C19H15NO2S. The minimum absolute atomic E-state index is 0.300. The third-order valence-electron chi connectivity index (χ3n) is 3.68. The maximum Gasteiger partial charge on any atom is 0.231 e. The van der Waals surface area contributed by atoms with Crippen LogP contribution >= 0.6 is 11.3 Å². The van der Waals surface area contributed by atoms with E-state index in [1.807, 2.05) is 30.4 Å². The van der Waals surface area contributed by atoms with E-state index in [1.165, 1.54) is 5.56 Å². The van der Waals surface area contributed by atoms with Gasteiger partial charge in [-0.2, -0.15) is 0 Å². The van der Waals surface area contributed by atoms with E-state index in [2.05, 4.69) is 41.6 Å². The third kappa shape index (κ3) is 2.98. The zero-order valence-electron chi connectivity index (χ0n) is 12.7. The van der Waals surface area contributed by atoms with E-state index in [-0.39, 0.29) is 0 Å². The van der Waals surface area contributed by atoms with Gasteiger partial charge in [-0.25, -0.2) is 4.98 Å². The molecule has 0 amide bonds. The molecule has 0 unspecified atom stereocenters. The van der Waals surface area contributed by atoms with E-state index >= 15 is 0 Å². The van der Waals surface area contributed by atoms with E-state index in [1.54, 1.807) is 11.3 Å². The summed E-state index contributed by atoms with van der Waals surface area (Å²) in [6, 6.07) is 14.4. The van der Waals surface area contributed by atoms with Gasteiger partial charge in [0.05, 0.1) is 5.69 Å². The fourth-order valence-corrected chi connectivity index (χ4v) is 3.12. The van der Waals surface area contributed by atoms with Crippen LogP contribution in [0.3, 0.4) is 0 Å². The predicted molar refractivity (Wildman–Crippen MR) is 93.8 cm³/mol. The van der Waals surface area contributed by atoms with Crippen molar-refractivity contribution in [3.63, 3.8) is 0 Å². The Morgan fingerprint density at radius 3 is 2.70 bits per heavy atom. The average Bonchev–Trinajstić information content (AvgIpc) is 3.22. The van der Waals surface area contributed by atoms with Gasteiger partial charge in [-0.05, 0) is 30.7 Å². The van der Waals surface area contributed by atoms with Gasteiger partial charge >= 0.3 is 0 Å². The highest BCUT2D eigenvalue weighted by molar-refractivity contribution is 7.10. The zero-order valence-corrected chi connectivity index (χ0v) is 13.5. The SMILES string of the molecule is Cc1ccc(-c2csc(C=Cc3ccc4c(c3)OCO4)n2)cc1. The number of fused-ring (bicyclic) bond motifs is 1. The number of hydrogen-bond acceptors (Lipinski definition) is 4. The van der Waals surface area contributed by atoms with Gasteiger partial charge < -0.3 is 9.47 Å². The van der Waals surface area contributed by atoms with Gasteiger partial charge in [-0.15, -0.1) is 11.3 Å². The number of thiazole rings is 1. The van der Waals surface area contributed by atoms with Gasteiger partial charge in [-0.3, -0.25) is 0 Å². The van der Waals surface area contributed by atoms with Crippen LogP contribution in [0.2, 0.25) is 0 Å². The average molecular weight is 321 g/mol. The van der Waals surface area contributed by atoms with Crippen molar-refractivity contribution in [1.82, 2.24) is 4.98 Å². The number of rotatable bonds is 3. The number of aromatic nitrogens is 1. The second-order valence-electron chi connectivity index (χ2n) is 5.38. The summed E-state index contributed by atoms with van der Waals surface area (Å²) in [5, 5.41) is 3.07. The molecular weight excluding hydrogens is 306 g/mol. The standard InChI is InChI=1S/C19H15NO2S/c1-13-2-6-15(7-3-13)16-11-23-19(20-16)9-5-14-4-8-17-18(10-14)22-12-21-17/h2-11H,12H2,1H3. The van der Waals surface area contributed by atoms with Crippen molar-refractivity contribution < 1.29 is 9.47 Å². The van der Waals surface area contributed by atoms with Crippen LogP contribution in [0.4, 0.5) is 0 Å². The van der Waals surface area contributed by atoms with Gasteiger partial charge in [0, 0.05) is 10.9 Å². The first-order valence-electron chi connectivity index (χ1n) is 7.38. The Labute approximate surface area is 138 Å². The Morgan fingerprint density at radius 2 is 1.83 bits per heavy atom. The highest BCUT2D eigenvalue weighted by atomic mass is 32.1. The third-order valence-corrected chi connectivity index (χ3v) is 4.49. The lowest BCUT2D eigenvalue weighted by Crippen LogP contribution is -1.92. The summed E-state index contributed by atoms with van der Waals surface area (Å²) < 4.78 is 10.7. The number of benzene rings is 2. The molecule has 4 rings (SSSR count). The van der Waals surface area contributed by atoms with E-state index in [0.29, 0.717) is 6.79 Å². The first-order chi connectivity index (χ1) is 11.3. The van der Waals surface area contributed by atoms with Crippen molar-refractivity contribution in [2.24, 2.45) is 0 Å². The van der Waals surface area contributed by atoms with E-state index in [0.717, 1.165) is 33.3 Å². The monoisotopic (exact) mass is 321 g/mol. The lowest BCUT2D eigenvalue weighted by Gasteiger charge is -1.97. The molecule has 1 aromatic heterocycles. The fraction of sp³-hybridized carbons (Fsp3) is 0.105. The highest BCUT2D eigenvalue weighted by Crippen LogP contribution is 2.33. The molecule has 1 aliphatic heterocycles. The minimum atomic E-state index is 0.300. The van der Waals surface area contributed by atoms with Crippen molar-refractivity contribution in [3.05, 3.63) is 64.0 Å². The summed E-state index contributed by atoms with van der Waals surface area (Å²) in [5.74, 6) is 1.60. The van der Waals surface area contributed by atoms with Gasteiger partial charge in [0.25, 0.3) is 0 Å². The van der Waals surface area contributed by atoms with Crippen LogP contribution in [0.25, 0.3) is 23.4 Å². The molecule has 1 aliphatic rings. The summed E-state index contributed by atoms with van der Waals surface area (Å²) in [4.78, 5) is 4.67. The normalized spacial score (nSPS) is 12.9. The molecule has 0 radical (unpaired) electrons. The largest absolute Gasteiger partial charge is 0.454 e. The summed E-state index contributed by atoms with van der Waals surface area (Å²) in [6.07, 6.45) is 4.07. The van der Waals surface area contributed by atoms with E-state index in [4.69, 9.17) is 9.47 Å². The Kier molecular flexibility index (Phi) is 3.60. The molecule has 4 heteroatoms. The molecule has 0 spiro atoms. The lowest BCUT2D eigenvalue weighted by molar-refractivity contribution is 0.174. The summed E-state index contributed by atoms with van der Waals surface area (Å²) in [7, 11) is 0. The Balaban J connectivity index is 1.54. The molecule has 0 atom stereocenters. The maximum atomic E-state index is 5.39. The second kappa shape index (κ2) is 5.89. The molecule has 3 nitrogen and oxygen atoms in total. The van der Waals surface area contributed by atoms with Crippen molar-refractivity contribution in [3.8, 4) is 22.8 Å². The highest BCUT2D eigenvalue weighted by Gasteiger charge is 2.12. The molecule has 0 saturated heterocycles. The van der Waals surface area contributed by atoms with Crippen molar-refractivity contribution >= 4 is 23.5 Å². The van der Waals surface area contributed by atoms with Gasteiger partial charge in [0.1, 0.15) is 5.01 Å². The fourth-order valence-electron chi connectivity index (χ4n) is 2.41. The Morgan fingerprint density at radius 1 is 1.00 bits per heavy atom.